The second kappa shape index (κ2) is 8.39. The van der Waals surface area contributed by atoms with Crippen LogP contribution >= 0.6 is 0 Å². The van der Waals surface area contributed by atoms with Crippen LogP contribution in [0.5, 0.6) is 11.5 Å². The van der Waals surface area contributed by atoms with Crippen LogP contribution in [-0.2, 0) is 12.0 Å². The fourth-order valence-corrected chi connectivity index (χ4v) is 3.89. The lowest BCUT2D eigenvalue weighted by Crippen LogP contribution is -2.37. The number of benzene rings is 2. The number of hydrogen-bond acceptors (Lipinski definition) is 3. The smallest absolute Gasteiger partial charge is 0.165 e. The van der Waals surface area contributed by atoms with Gasteiger partial charge in [0.25, 0.3) is 0 Å². The van der Waals surface area contributed by atoms with Crippen molar-refractivity contribution in [1.82, 2.24) is 0 Å². The van der Waals surface area contributed by atoms with Gasteiger partial charge in [-0.25, -0.2) is 0 Å². The SMILES string of the molecule is CCOc1cccc(C2(CN)CCCCC2)c1OCc1ccccc1. The maximum absolute atomic E-state index is 6.31. The van der Waals surface area contributed by atoms with Crippen molar-refractivity contribution in [2.24, 2.45) is 5.73 Å². The van der Waals surface area contributed by atoms with E-state index in [1.165, 1.54) is 24.8 Å². The van der Waals surface area contributed by atoms with E-state index in [1.54, 1.807) is 0 Å². The van der Waals surface area contributed by atoms with Gasteiger partial charge in [-0.15, -0.1) is 0 Å². The Morgan fingerprint density at radius 1 is 0.920 bits per heavy atom. The van der Waals surface area contributed by atoms with E-state index < -0.39 is 0 Å². The second-order valence-corrected chi connectivity index (χ2v) is 6.89. The molecule has 3 rings (SSSR count). The summed E-state index contributed by atoms with van der Waals surface area (Å²) in [7, 11) is 0. The number of para-hydroxylation sites is 1. The predicted molar refractivity (Wildman–Crippen MR) is 102 cm³/mol. The Morgan fingerprint density at radius 3 is 2.36 bits per heavy atom. The highest BCUT2D eigenvalue weighted by Gasteiger charge is 2.36. The molecule has 0 unspecified atom stereocenters. The van der Waals surface area contributed by atoms with Crippen molar-refractivity contribution in [3.8, 4) is 11.5 Å². The molecule has 0 atom stereocenters. The maximum Gasteiger partial charge on any atom is 0.165 e. The zero-order valence-corrected chi connectivity index (χ0v) is 15.2. The van der Waals surface area contributed by atoms with Crippen molar-refractivity contribution >= 4 is 0 Å². The molecule has 1 aliphatic rings. The Balaban J connectivity index is 1.95. The van der Waals surface area contributed by atoms with Crippen LogP contribution in [0.3, 0.4) is 0 Å². The third kappa shape index (κ3) is 3.98. The van der Waals surface area contributed by atoms with Crippen LogP contribution in [0, 0.1) is 0 Å². The lowest BCUT2D eigenvalue weighted by atomic mass is 9.69. The van der Waals surface area contributed by atoms with Crippen molar-refractivity contribution in [1.29, 1.82) is 0 Å². The third-order valence-corrected chi connectivity index (χ3v) is 5.28. The largest absolute Gasteiger partial charge is 0.490 e. The van der Waals surface area contributed by atoms with Crippen molar-refractivity contribution in [3.63, 3.8) is 0 Å². The van der Waals surface area contributed by atoms with Crippen molar-refractivity contribution < 1.29 is 9.47 Å². The lowest BCUT2D eigenvalue weighted by molar-refractivity contribution is 0.244. The fraction of sp³-hybridized carbons (Fsp3) is 0.455. The number of hydrogen-bond donors (Lipinski definition) is 1. The monoisotopic (exact) mass is 339 g/mol. The number of rotatable bonds is 7. The molecule has 3 heteroatoms. The molecule has 1 aliphatic carbocycles. The van der Waals surface area contributed by atoms with E-state index in [0.717, 1.165) is 29.9 Å². The van der Waals surface area contributed by atoms with E-state index in [2.05, 4.69) is 24.3 Å². The zero-order chi connectivity index (χ0) is 17.5. The van der Waals surface area contributed by atoms with Crippen molar-refractivity contribution in [2.75, 3.05) is 13.2 Å². The minimum Gasteiger partial charge on any atom is -0.490 e. The third-order valence-electron chi connectivity index (χ3n) is 5.28. The molecule has 0 radical (unpaired) electrons. The van der Waals surface area contributed by atoms with E-state index >= 15 is 0 Å². The minimum absolute atomic E-state index is 0.0113. The highest BCUT2D eigenvalue weighted by molar-refractivity contribution is 5.51. The van der Waals surface area contributed by atoms with E-state index in [4.69, 9.17) is 15.2 Å². The van der Waals surface area contributed by atoms with Gasteiger partial charge >= 0.3 is 0 Å². The van der Waals surface area contributed by atoms with Crippen LogP contribution in [0.1, 0.15) is 50.2 Å². The Bertz CT molecular complexity index is 663. The molecule has 3 nitrogen and oxygen atoms in total. The maximum atomic E-state index is 6.31. The van der Waals surface area contributed by atoms with Crippen molar-refractivity contribution in [2.45, 2.75) is 51.0 Å². The quantitative estimate of drug-likeness (QED) is 0.786. The summed E-state index contributed by atoms with van der Waals surface area (Å²) in [6, 6.07) is 16.5. The number of nitrogens with two attached hydrogens (primary N) is 1. The summed E-state index contributed by atoms with van der Waals surface area (Å²) in [5, 5.41) is 0. The summed E-state index contributed by atoms with van der Waals surface area (Å²) in [6.07, 6.45) is 6.01. The van der Waals surface area contributed by atoms with Crippen LogP contribution in [0.4, 0.5) is 0 Å². The first-order chi connectivity index (χ1) is 12.3. The van der Waals surface area contributed by atoms with Gasteiger partial charge in [0.15, 0.2) is 11.5 Å². The first-order valence-electron chi connectivity index (χ1n) is 9.42. The molecule has 0 bridgehead atoms. The van der Waals surface area contributed by atoms with Gasteiger partial charge in [-0.1, -0.05) is 61.7 Å². The zero-order valence-electron chi connectivity index (χ0n) is 15.2. The molecule has 0 heterocycles. The van der Waals surface area contributed by atoms with Crippen LogP contribution in [-0.4, -0.2) is 13.2 Å². The van der Waals surface area contributed by atoms with Gasteiger partial charge in [0.2, 0.25) is 0 Å². The molecule has 134 valence electrons. The second-order valence-electron chi connectivity index (χ2n) is 6.89. The molecule has 0 amide bonds. The van der Waals surface area contributed by atoms with Gasteiger partial charge in [-0.2, -0.15) is 0 Å². The normalized spacial score (nSPS) is 16.4. The summed E-state index contributed by atoms with van der Waals surface area (Å²) < 4.78 is 12.2. The van der Waals surface area contributed by atoms with Gasteiger partial charge in [0.1, 0.15) is 6.61 Å². The summed E-state index contributed by atoms with van der Waals surface area (Å²) in [4.78, 5) is 0. The van der Waals surface area contributed by atoms with Crippen LogP contribution in [0.15, 0.2) is 48.5 Å². The molecule has 1 saturated carbocycles. The molecule has 2 aromatic rings. The van der Waals surface area contributed by atoms with Gasteiger partial charge in [0, 0.05) is 17.5 Å². The molecule has 1 fully saturated rings. The molecule has 2 aromatic carbocycles. The average Bonchev–Trinajstić information content (AvgIpc) is 2.68. The fourth-order valence-electron chi connectivity index (χ4n) is 3.89. The standard InChI is InChI=1S/C22H29NO2/c1-2-24-20-13-9-12-19(22(17-23)14-7-4-8-15-22)21(20)25-16-18-10-5-3-6-11-18/h3,5-6,9-13H,2,4,7-8,14-17,23H2,1H3. The van der Waals surface area contributed by atoms with Crippen LogP contribution in [0.25, 0.3) is 0 Å². The first kappa shape index (κ1) is 17.8. The number of ether oxygens (including phenoxy) is 2. The molecular formula is C22H29NO2. The molecule has 0 aromatic heterocycles. The summed E-state index contributed by atoms with van der Waals surface area (Å²) in [6.45, 7) is 3.83. The molecule has 0 aliphatic heterocycles. The predicted octanol–water partition coefficient (Wildman–Crippen LogP) is 4.82. The van der Waals surface area contributed by atoms with E-state index in [9.17, 15) is 0 Å². The minimum atomic E-state index is 0.0113. The Labute approximate surface area is 151 Å². The van der Waals surface area contributed by atoms with E-state index in [0.29, 0.717) is 19.8 Å². The van der Waals surface area contributed by atoms with E-state index in [-0.39, 0.29) is 5.41 Å². The summed E-state index contributed by atoms with van der Waals surface area (Å²) >= 11 is 0. The average molecular weight is 339 g/mol. The Kier molecular flexibility index (Phi) is 5.98. The highest BCUT2D eigenvalue weighted by atomic mass is 16.5. The van der Waals surface area contributed by atoms with Gasteiger partial charge in [0.05, 0.1) is 6.61 Å². The topological polar surface area (TPSA) is 44.5 Å². The van der Waals surface area contributed by atoms with Crippen LogP contribution in [0.2, 0.25) is 0 Å². The van der Waals surface area contributed by atoms with Gasteiger partial charge < -0.3 is 15.2 Å². The summed E-state index contributed by atoms with van der Waals surface area (Å²) in [5.74, 6) is 1.70. The lowest BCUT2D eigenvalue weighted by Gasteiger charge is -2.38. The molecule has 2 N–H and O–H groups in total. The molecular weight excluding hydrogens is 310 g/mol. The molecule has 25 heavy (non-hydrogen) atoms. The van der Waals surface area contributed by atoms with Crippen molar-refractivity contribution in [3.05, 3.63) is 59.7 Å². The van der Waals surface area contributed by atoms with Gasteiger partial charge in [-0.3, -0.25) is 0 Å². The van der Waals surface area contributed by atoms with Crippen LogP contribution < -0.4 is 15.2 Å². The Morgan fingerprint density at radius 2 is 1.68 bits per heavy atom. The molecule has 0 spiro atoms. The summed E-state index contributed by atoms with van der Waals surface area (Å²) in [5.41, 5.74) is 8.66. The highest BCUT2D eigenvalue weighted by Crippen LogP contribution is 2.46. The van der Waals surface area contributed by atoms with E-state index in [1.807, 2.05) is 31.2 Å². The van der Waals surface area contributed by atoms with Gasteiger partial charge in [-0.05, 0) is 31.4 Å². The Hall–Kier alpha value is -2.00. The first-order valence-corrected chi connectivity index (χ1v) is 9.42. The molecule has 0 saturated heterocycles.